The molecule has 0 bridgehead atoms. The van der Waals surface area contributed by atoms with E-state index in [1.54, 1.807) is 7.11 Å². The van der Waals surface area contributed by atoms with Crippen molar-refractivity contribution < 1.29 is 4.74 Å². The first-order valence-corrected chi connectivity index (χ1v) is 8.98. The summed E-state index contributed by atoms with van der Waals surface area (Å²) in [5, 5.41) is 5.55. The van der Waals surface area contributed by atoms with Gasteiger partial charge in [-0.05, 0) is 42.2 Å². The predicted octanol–water partition coefficient (Wildman–Crippen LogP) is 6.48. The lowest BCUT2D eigenvalue weighted by Gasteiger charge is -2.38. The summed E-state index contributed by atoms with van der Waals surface area (Å²) in [6.45, 7) is 0. The molecular formula is C19H16Cl3NO. The second-order valence-electron chi connectivity index (χ2n) is 6.19. The van der Waals surface area contributed by atoms with Gasteiger partial charge in [-0.1, -0.05) is 53.0 Å². The van der Waals surface area contributed by atoms with E-state index in [2.05, 4.69) is 17.5 Å². The van der Waals surface area contributed by atoms with Crippen LogP contribution in [0, 0.1) is 5.92 Å². The molecule has 0 spiro atoms. The molecule has 2 aromatic carbocycles. The van der Waals surface area contributed by atoms with Gasteiger partial charge >= 0.3 is 0 Å². The van der Waals surface area contributed by atoms with Crippen LogP contribution in [0.25, 0.3) is 0 Å². The van der Waals surface area contributed by atoms with E-state index in [4.69, 9.17) is 39.5 Å². The summed E-state index contributed by atoms with van der Waals surface area (Å²) in [6.07, 6.45) is 5.47. The van der Waals surface area contributed by atoms with E-state index in [0.29, 0.717) is 16.0 Å². The monoisotopic (exact) mass is 379 g/mol. The van der Waals surface area contributed by atoms with Crippen molar-refractivity contribution in [2.45, 2.75) is 18.4 Å². The average molecular weight is 381 g/mol. The van der Waals surface area contributed by atoms with Gasteiger partial charge in [0.2, 0.25) is 0 Å². The van der Waals surface area contributed by atoms with Crippen molar-refractivity contribution in [2.24, 2.45) is 5.92 Å². The number of benzene rings is 2. The van der Waals surface area contributed by atoms with Crippen molar-refractivity contribution in [3.05, 3.63) is 68.7 Å². The Labute approximate surface area is 156 Å². The maximum Gasteiger partial charge on any atom is 0.142 e. The number of halogens is 3. The van der Waals surface area contributed by atoms with Crippen LogP contribution in [0.3, 0.4) is 0 Å². The number of rotatable bonds is 2. The fourth-order valence-corrected chi connectivity index (χ4v) is 4.43. The molecule has 0 aromatic heterocycles. The van der Waals surface area contributed by atoms with Crippen LogP contribution in [0.4, 0.5) is 5.69 Å². The Morgan fingerprint density at radius 3 is 2.58 bits per heavy atom. The van der Waals surface area contributed by atoms with Gasteiger partial charge in [0.25, 0.3) is 0 Å². The Bertz CT molecular complexity index is 834. The van der Waals surface area contributed by atoms with Gasteiger partial charge in [0.1, 0.15) is 5.75 Å². The first-order valence-electron chi connectivity index (χ1n) is 7.84. The topological polar surface area (TPSA) is 21.3 Å². The van der Waals surface area contributed by atoms with Gasteiger partial charge < -0.3 is 10.1 Å². The van der Waals surface area contributed by atoms with Crippen molar-refractivity contribution >= 4 is 40.5 Å². The second kappa shape index (κ2) is 6.18. The third-order valence-electron chi connectivity index (χ3n) is 4.95. The molecule has 1 aliphatic heterocycles. The molecule has 2 aliphatic rings. The minimum Gasteiger partial charge on any atom is -0.495 e. The smallest absolute Gasteiger partial charge is 0.142 e. The Morgan fingerprint density at radius 2 is 1.83 bits per heavy atom. The highest BCUT2D eigenvalue weighted by molar-refractivity contribution is 6.42. The molecule has 0 radical (unpaired) electrons. The number of anilines is 1. The molecule has 0 fully saturated rings. The number of fused-ring (bicyclic) bond motifs is 3. The lowest BCUT2D eigenvalue weighted by molar-refractivity contribution is 0.397. The van der Waals surface area contributed by atoms with E-state index in [1.165, 1.54) is 0 Å². The van der Waals surface area contributed by atoms with Crippen molar-refractivity contribution in [2.75, 3.05) is 12.4 Å². The Balaban J connectivity index is 1.85. The third kappa shape index (κ3) is 2.48. The summed E-state index contributed by atoms with van der Waals surface area (Å²) >= 11 is 18.8. The maximum absolute atomic E-state index is 6.51. The molecule has 2 nitrogen and oxygen atoms in total. The molecule has 1 N–H and O–H groups in total. The Hall–Kier alpha value is -1.35. The van der Waals surface area contributed by atoms with E-state index in [-0.39, 0.29) is 12.0 Å². The highest BCUT2D eigenvalue weighted by atomic mass is 35.5. The maximum atomic E-state index is 6.51. The number of hydrogen-bond donors (Lipinski definition) is 1. The van der Waals surface area contributed by atoms with Gasteiger partial charge in [-0.3, -0.25) is 0 Å². The quantitative estimate of drug-likeness (QED) is 0.602. The van der Waals surface area contributed by atoms with Crippen LogP contribution in [-0.4, -0.2) is 7.11 Å². The molecule has 0 amide bonds. The molecule has 0 saturated heterocycles. The van der Waals surface area contributed by atoms with Gasteiger partial charge in [0, 0.05) is 16.5 Å². The molecule has 24 heavy (non-hydrogen) atoms. The van der Waals surface area contributed by atoms with Crippen LogP contribution in [-0.2, 0) is 0 Å². The zero-order chi connectivity index (χ0) is 16.8. The van der Waals surface area contributed by atoms with E-state index in [0.717, 1.165) is 34.0 Å². The second-order valence-corrected chi connectivity index (χ2v) is 7.41. The summed E-state index contributed by atoms with van der Waals surface area (Å²) in [6, 6.07) is 9.76. The normalized spacial score (nSPS) is 24.2. The van der Waals surface area contributed by atoms with Crippen molar-refractivity contribution in [3.63, 3.8) is 0 Å². The molecule has 1 aliphatic carbocycles. The highest BCUT2D eigenvalue weighted by Gasteiger charge is 2.40. The van der Waals surface area contributed by atoms with Gasteiger partial charge in [0.15, 0.2) is 0 Å². The number of ether oxygens (including phenoxy) is 1. The fourth-order valence-electron chi connectivity index (χ4n) is 3.84. The summed E-state index contributed by atoms with van der Waals surface area (Å²) in [5.74, 6) is 1.46. The lowest BCUT2D eigenvalue weighted by atomic mass is 9.77. The van der Waals surface area contributed by atoms with Crippen LogP contribution in [0.15, 0.2) is 42.5 Å². The number of hydrogen-bond acceptors (Lipinski definition) is 2. The summed E-state index contributed by atoms with van der Waals surface area (Å²) in [5.41, 5.74) is 3.20. The lowest BCUT2D eigenvalue weighted by Crippen LogP contribution is -2.29. The highest BCUT2D eigenvalue weighted by Crippen LogP contribution is 2.54. The molecular weight excluding hydrogens is 365 g/mol. The van der Waals surface area contributed by atoms with Gasteiger partial charge in [-0.15, -0.1) is 0 Å². The van der Waals surface area contributed by atoms with Crippen LogP contribution >= 0.6 is 34.8 Å². The molecule has 3 unspecified atom stereocenters. The van der Waals surface area contributed by atoms with E-state index >= 15 is 0 Å². The zero-order valence-corrected chi connectivity index (χ0v) is 15.3. The van der Waals surface area contributed by atoms with Crippen LogP contribution in [0.2, 0.25) is 15.1 Å². The van der Waals surface area contributed by atoms with Crippen LogP contribution in [0.1, 0.15) is 29.5 Å². The number of nitrogens with one attached hydrogen (secondary N) is 1. The third-order valence-corrected chi connectivity index (χ3v) is 6.02. The summed E-state index contributed by atoms with van der Waals surface area (Å²) in [4.78, 5) is 0. The van der Waals surface area contributed by atoms with Crippen molar-refractivity contribution in [3.8, 4) is 5.75 Å². The van der Waals surface area contributed by atoms with Gasteiger partial charge in [0.05, 0.1) is 28.9 Å². The molecule has 3 atom stereocenters. The first kappa shape index (κ1) is 16.1. The molecule has 1 heterocycles. The average Bonchev–Trinajstić information content (AvgIpc) is 3.06. The van der Waals surface area contributed by atoms with Crippen LogP contribution in [0.5, 0.6) is 5.75 Å². The molecule has 5 heteroatoms. The summed E-state index contributed by atoms with van der Waals surface area (Å²) in [7, 11) is 1.68. The zero-order valence-electron chi connectivity index (χ0n) is 13.0. The standard InChI is InChI=1S/C19H16Cl3NO/c1-24-16-8-7-14(21)17-11-3-2-4-12(11)18(23-19(16)17)10-5-6-13(20)15(22)9-10/h2-3,5-9,11-12,18,23H,4H2,1H3. The molecule has 4 rings (SSSR count). The predicted molar refractivity (Wildman–Crippen MR) is 101 cm³/mol. The van der Waals surface area contributed by atoms with E-state index in [1.807, 2.05) is 30.3 Å². The first-order chi connectivity index (χ1) is 11.6. The largest absolute Gasteiger partial charge is 0.495 e. The minimum absolute atomic E-state index is 0.125. The van der Waals surface area contributed by atoms with Crippen LogP contribution < -0.4 is 10.1 Å². The number of allylic oxidation sites excluding steroid dienone is 2. The SMILES string of the molecule is COc1ccc(Cl)c2c1NC(c1ccc(Cl)c(Cl)c1)C1CC=CC21. The van der Waals surface area contributed by atoms with Crippen molar-refractivity contribution in [1.82, 2.24) is 0 Å². The Morgan fingerprint density at radius 1 is 1.04 bits per heavy atom. The molecule has 124 valence electrons. The van der Waals surface area contributed by atoms with E-state index < -0.39 is 0 Å². The minimum atomic E-state index is 0.125. The molecule has 0 saturated carbocycles. The van der Waals surface area contributed by atoms with Gasteiger partial charge in [-0.25, -0.2) is 0 Å². The van der Waals surface area contributed by atoms with Gasteiger partial charge in [-0.2, -0.15) is 0 Å². The number of methoxy groups -OCH3 is 1. The molecule has 2 aromatic rings. The Kier molecular flexibility index (Phi) is 4.16. The fraction of sp³-hybridized carbons (Fsp3) is 0.263. The summed E-state index contributed by atoms with van der Waals surface area (Å²) < 4.78 is 5.55. The van der Waals surface area contributed by atoms with Crippen molar-refractivity contribution in [1.29, 1.82) is 0 Å². The van der Waals surface area contributed by atoms with E-state index in [9.17, 15) is 0 Å².